The number of amides is 1. The molecule has 4 rings (SSSR count). The lowest BCUT2D eigenvalue weighted by Crippen LogP contribution is -2.67. The summed E-state index contributed by atoms with van der Waals surface area (Å²) < 4.78 is 1.92. The Labute approximate surface area is 184 Å². The van der Waals surface area contributed by atoms with Crippen LogP contribution in [0, 0.1) is 0 Å². The van der Waals surface area contributed by atoms with Gasteiger partial charge in [0.05, 0.1) is 19.1 Å². The van der Waals surface area contributed by atoms with E-state index in [1.54, 1.807) is 11.3 Å². The van der Waals surface area contributed by atoms with Crippen molar-refractivity contribution in [1.29, 1.82) is 0 Å². The Bertz CT molecular complexity index is 770. The predicted molar refractivity (Wildman–Crippen MR) is 123 cm³/mol. The van der Waals surface area contributed by atoms with E-state index in [1.807, 2.05) is 0 Å². The van der Waals surface area contributed by atoms with Crippen LogP contribution in [0.5, 0.6) is 0 Å². The highest BCUT2D eigenvalue weighted by atomic mass is 35.5. The number of hydrogen-bond acceptors (Lipinski definition) is 4. The number of fused-ring (bicyclic) bond motifs is 1. The van der Waals surface area contributed by atoms with E-state index < -0.39 is 6.04 Å². The summed E-state index contributed by atoms with van der Waals surface area (Å²) in [6, 6.07) is 8.48. The lowest BCUT2D eigenvalue weighted by atomic mass is 9.93. The molecule has 1 aromatic heterocycles. The Morgan fingerprint density at radius 3 is 2.54 bits per heavy atom. The Morgan fingerprint density at radius 2 is 1.82 bits per heavy atom. The molecule has 3 heterocycles. The molecule has 1 aromatic carbocycles. The van der Waals surface area contributed by atoms with Crippen molar-refractivity contribution in [2.45, 2.75) is 50.6 Å². The number of nitrogens with zero attached hydrogens (tertiary/aromatic N) is 1. The van der Waals surface area contributed by atoms with Crippen molar-refractivity contribution < 1.29 is 9.28 Å². The molecule has 2 saturated heterocycles. The molecule has 2 fully saturated rings. The molecule has 2 aromatic rings. The van der Waals surface area contributed by atoms with Crippen LogP contribution >= 0.6 is 36.2 Å². The monoisotopic (exact) mass is 444 g/mol. The predicted octanol–water partition coefficient (Wildman–Crippen LogP) is 3.89. The molecule has 156 valence electrons. The van der Waals surface area contributed by atoms with Gasteiger partial charge in [-0.15, -0.1) is 36.2 Å². The highest BCUT2D eigenvalue weighted by molar-refractivity contribution is 7.17. The quantitative estimate of drug-likeness (QED) is 0.702. The fourth-order valence-electron chi connectivity index (χ4n) is 4.99. The van der Waals surface area contributed by atoms with Gasteiger partial charge in [0, 0.05) is 37.1 Å². The molecule has 2 aliphatic rings. The summed E-state index contributed by atoms with van der Waals surface area (Å²) in [4.78, 5) is 13.6. The van der Waals surface area contributed by atoms with Gasteiger partial charge in [-0.05, 0) is 41.7 Å². The first-order chi connectivity index (χ1) is 12.7. The first-order valence-electron chi connectivity index (χ1n) is 10.0. The van der Waals surface area contributed by atoms with Gasteiger partial charge >= 0.3 is 5.91 Å². The van der Waals surface area contributed by atoms with Crippen LogP contribution in [0.25, 0.3) is 10.1 Å². The minimum Gasteiger partial charge on any atom is -0.316 e. The summed E-state index contributed by atoms with van der Waals surface area (Å²) in [5.41, 5.74) is 7.77. The standard InChI is InChI=1S/C21H30N3OS.2ClH/c22-19(14-16-15-26-20-7-3-2-6-18(16)20)21(25)24(12-4-1-5-13-24)17-8-10-23-11-9-17;;/h2-3,6-7,15,17,19,23H,1,4-5,8-14,22H2;2*1H/q+1;;/t19-;;/m1../s1. The van der Waals surface area contributed by atoms with Crippen molar-refractivity contribution in [1.82, 2.24) is 5.32 Å². The number of nitrogens with one attached hydrogen (secondary N) is 1. The molecular formula is C21H32Cl2N3OS+. The molecule has 4 nitrogen and oxygen atoms in total. The van der Waals surface area contributed by atoms with E-state index in [4.69, 9.17) is 5.73 Å². The van der Waals surface area contributed by atoms with Crippen LogP contribution in [0.3, 0.4) is 0 Å². The van der Waals surface area contributed by atoms with Gasteiger partial charge in [-0.3, -0.25) is 4.48 Å². The Balaban J connectivity index is 0.00000140. The van der Waals surface area contributed by atoms with Crippen molar-refractivity contribution in [3.63, 3.8) is 0 Å². The smallest absolute Gasteiger partial charge is 0.316 e. The Morgan fingerprint density at radius 1 is 1.14 bits per heavy atom. The molecular weight excluding hydrogens is 413 g/mol. The number of likely N-dealkylation sites (tertiary alicyclic amines) is 1. The molecule has 3 N–H and O–H groups in total. The summed E-state index contributed by atoms with van der Waals surface area (Å²) in [6.45, 7) is 4.04. The molecule has 7 heteroatoms. The number of quaternary nitrogens is 1. The fraction of sp³-hybridized carbons (Fsp3) is 0.571. The van der Waals surface area contributed by atoms with Gasteiger partial charge in [-0.2, -0.15) is 0 Å². The number of halogens is 2. The van der Waals surface area contributed by atoms with Gasteiger partial charge < -0.3 is 11.1 Å². The minimum absolute atomic E-state index is 0. The summed E-state index contributed by atoms with van der Waals surface area (Å²) in [6.07, 6.45) is 6.42. The first kappa shape index (κ1) is 23.6. The number of thiophene rings is 1. The molecule has 28 heavy (non-hydrogen) atoms. The van der Waals surface area contributed by atoms with Gasteiger partial charge in [0.25, 0.3) is 0 Å². The number of hydrogen-bond donors (Lipinski definition) is 2. The van der Waals surface area contributed by atoms with Crippen molar-refractivity contribution >= 4 is 52.1 Å². The number of piperidine rings is 2. The van der Waals surface area contributed by atoms with Crippen LogP contribution in [0.2, 0.25) is 0 Å². The van der Waals surface area contributed by atoms with Crippen molar-refractivity contribution in [3.05, 3.63) is 35.2 Å². The van der Waals surface area contributed by atoms with E-state index in [9.17, 15) is 4.79 Å². The first-order valence-corrected chi connectivity index (χ1v) is 10.9. The Hall–Kier alpha value is -0.690. The summed E-state index contributed by atoms with van der Waals surface area (Å²) >= 11 is 1.75. The number of carbonyl (C=O) groups excluding carboxylic acids is 1. The third-order valence-corrected chi connectivity index (χ3v) is 7.39. The van der Waals surface area contributed by atoms with E-state index >= 15 is 0 Å². The molecule has 0 aliphatic carbocycles. The van der Waals surface area contributed by atoms with Crippen LogP contribution in [0.4, 0.5) is 0 Å². The van der Waals surface area contributed by atoms with E-state index in [2.05, 4.69) is 35.0 Å². The van der Waals surface area contributed by atoms with Gasteiger partial charge in [-0.1, -0.05) is 18.2 Å². The molecule has 0 spiro atoms. The lowest BCUT2D eigenvalue weighted by molar-refractivity contribution is -0.886. The minimum atomic E-state index is -0.402. The number of benzene rings is 1. The zero-order chi connectivity index (χ0) is 18.0. The van der Waals surface area contributed by atoms with Crippen molar-refractivity contribution in [3.8, 4) is 0 Å². The van der Waals surface area contributed by atoms with Gasteiger partial charge in [-0.25, -0.2) is 4.79 Å². The molecule has 2 aliphatic heterocycles. The number of carbonyl (C=O) groups is 1. The molecule has 0 radical (unpaired) electrons. The third kappa shape index (κ3) is 4.55. The highest BCUT2D eigenvalue weighted by Crippen LogP contribution is 2.31. The van der Waals surface area contributed by atoms with E-state index in [0.29, 0.717) is 16.9 Å². The summed E-state index contributed by atoms with van der Waals surface area (Å²) in [5.74, 6) is 0.284. The second-order valence-corrected chi connectivity index (χ2v) is 8.84. The maximum absolute atomic E-state index is 13.6. The van der Waals surface area contributed by atoms with Gasteiger partial charge in [0.1, 0.15) is 6.04 Å². The largest absolute Gasteiger partial charge is 0.331 e. The second-order valence-electron chi connectivity index (χ2n) is 7.93. The molecule has 0 saturated carbocycles. The van der Waals surface area contributed by atoms with E-state index in [0.717, 1.165) is 51.9 Å². The average Bonchev–Trinajstić information content (AvgIpc) is 3.11. The SMILES string of the molecule is Cl.Cl.N[C@H](Cc1csc2ccccc12)C(=O)[N+]1(C2CCNCC2)CCCCC1. The van der Waals surface area contributed by atoms with Crippen LogP contribution < -0.4 is 11.1 Å². The number of rotatable bonds is 4. The molecule has 0 bridgehead atoms. The topological polar surface area (TPSA) is 55.1 Å². The average molecular weight is 445 g/mol. The van der Waals surface area contributed by atoms with Crippen LogP contribution in [0.15, 0.2) is 29.6 Å². The molecule has 1 atom stereocenters. The maximum atomic E-state index is 13.6. The summed E-state index contributed by atoms with van der Waals surface area (Å²) in [7, 11) is 0. The second kappa shape index (κ2) is 10.4. The van der Waals surface area contributed by atoms with Crippen LogP contribution in [-0.4, -0.2) is 48.7 Å². The normalized spacial score (nSPS) is 20.8. The Kier molecular flexibility index (Phi) is 8.74. The highest BCUT2D eigenvalue weighted by Gasteiger charge is 2.47. The zero-order valence-corrected chi connectivity index (χ0v) is 18.7. The van der Waals surface area contributed by atoms with Gasteiger partial charge in [0.15, 0.2) is 0 Å². The fourth-order valence-corrected chi connectivity index (χ4v) is 5.96. The zero-order valence-electron chi connectivity index (χ0n) is 16.3. The van der Waals surface area contributed by atoms with E-state index in [-0.39, 0.29) is 30.7 Å². The molecule has 0 unspecified atom stereocenters. The summed E-state index contributed by atoms with van der Waals surface area (Å²) in [5, 5.41) is 6.89. The molecule has 1 amide bonds. The van der Waals surface area contributed by atoms with Gasteiger partial charge in [0.2, 0.25) is 0 Å². The van der Waals surface area contributed by atoms with Crippen LogP contribution in [0.1, 0.15) is 37.7 Å². The van der Waals surface area contributed by atoms with E-state index in [1.165, 1.54) is 22.1 Å². The third-order valence-electron chi connectivity index (χ3n) is 6.38. The maximum Gasteiger partial charge on any atom is 0.331 e. The number of nitrogens with two attached hydrogens (primary N) is 1. The van der Waals surface area contributed by atoms with Crippen molar-refractivity contribution in [2.24, 2.45) is 5.73 Å². The van der Waals surface area contributed by atoms with Crippen LogP contribution in [-0.2, 0) is 11.2 Å². The lowest BCUT2D eigenvalue weighted by Gasteiger charge is -2.47. The van der Waals surface area contributed by atoms with Crippen molar-refractivity contribution in [2.75, 3.05) is 26.2 Å².